The first-order chi connectivity index (χ1) is 9.51. The van der Waals surface area contributed by atoms with E-state index in [0.717, 1.165) is 0 Å². The maximum absolute atomic E-state index is 13.6. The number of carbonyl (C=O) groups is 1. The molecule has 0 amide bonds. The van der Waals surface area contributed by atoms with Gasteiger partial charge in [-0.2, -0.15) is 5.26 Å². The summed E-state index contributed by atoms with van der Waals surface area (Å²) in [7, 11) is 0. The molecule has 20 heavy (non-hydrogen) atoms. The van der Waals surface area contributed by atoms with Crippen LogP contribution in [0.5, 0.6) is 0 Å². The average Bonchev–Trinajstić information content (AvgIpc) is 2.83. The molecular formula is C15H17FN2O2. The minimum Gasteiger partial charge on any atom is -0.466 e. The van der Waals surface area contributed by atoms with E-state index >= 15 is 0 Å². The Balaban J connectivity index is 2.24. The fraction of sp³-hybridized carbons (Fsp3) is 0.467. The highest BCUT2D eigenvalue weighted by Crippen LogP contribution is 2.36. The first kappa shape index (κ1) is 14.3. The summed E-state index contributed by atoms with van der Waals surface area (Å²) in [6.07, 6.45) is 0.632. The van der Waals surface area contributed by atoms with E-state index in [9.17, 15) is 9.18 Å². The lowest BCUT2D eigenvalue weighted by Crippen LogP contribution is -2.33. The van der Waals surface area contributed by atoms with E-state index in [-0.39, 0.29) is 11.5 Å². The Hall–Kier alpha value is -2.09. The second kappa shape index (κ2) is 5.49. The van der Waals surface area contributed by atoms with Gasteiger partial charge in [-0.05, 0) is 32.4 Å². The summed E-state index contributed by atoms with van der Waals surface area (Å²) in [4.78, 5) is 13.9. The summed E-state index contributed by atoms with van der Waals surface area (Å²) in [5.74, 6) is -0.771. The third-order valence-corrected chi connectivity index (χ3v) is 3.69. The van der Waals surface area contributed by atoms with E-state index in [1.54, 1.807) is 19.1 Å². The Labute approximate surface area is 117 Å². The van der Waals surface area contributed by atoms with Gasteiger partial charge in [0.15, 0.2) is 0 Å². The molecule has 0 radical (unpaired) electrons. The maximum atomic E-state index is 13.6. The standard InChI is InChI=1S/C15H17FN2O2/c1-3-20-14(19)15(2)7-8-18(10-15)13-6-4-5-12(16)11(13)9-17/h4-6H,3,7-8,10H2,1-2H3. The van der Waals surface area contributed by atoms with E-state index in [0.29, 0.717) is 31.8 Å². The molecule has 0 bridgehead atoms. The number of nitrogens with zero attached hydrogens (tertiary/aromatic N) is 2. The molecular weight excluding hydrogens is 259 g/mol. The monoisotopic (exact) mass is 276 g/mol. The number of hydrogen-bond acceptors (Lipinski definition) is 4. The molecule has 1 heterocycles. The molecule has 0 N–H and O–H groups in total. The van der Waals surface area contributed by atoms with Crippen LogP contribution in [-0.2, 0) is 9.53 Å². The highest BCUT2D eigenvalue weighted by molar-refractivity contribution is 5.78. The molecule has 0 saturated carbocycles. The molecule has 2 rings (SSSR count). The second-order valence-electron chi connectivity index (χ2n) is 5.20. The normalized spacial score (nSPS) is 21.6. The van der Waals surface area contributed by atoms with Crippen LogP contribution in [0.4, 0.5) is 10.1 Å². The number of anilines is 1. The SMILES string of the molecule is CCOC(=O)C1(C)CCN(c2cccc(F)c2C#N)C1. The van der Waals surface area contributed by atoms with Gasteiger partial charge in [-0.1, -0.05) is 6.07 Å². The molecule has 5 heteroatoms. The van der Waals surface area contributed by atoms with Crippen molar-refractivity contribution in [1.29, 1.82) is 5.26 Å². The number of nitriles is 1. The van der Waals surface area contributed by atoms with Crippen LogP contribution in [0.15, 0.2) is 18.2 Å². The maximum Gasteiger partial charge on any atom is 0.313 e. The van der Waals surface area contributed by atoms with Gasteiger partial charge in [0.05, 0.1) is 17.7 Å². The summed E-state index contributed by atoms with van der Waals surface area (Å²) < 4.78 is 18.7. The smallest absolute Gasteiger partial charge is 0.313 e. The minimum absolute atomic E-state index is 0.0283. The molecule has 1 fully saturated rings. The molecule has 1 aliphatic rings. The van der Waals surface area contributed by atoms with Crippen molar-refractivity contribution >= 4 is 11.7 Å². The molecule has 106 valence electrons. The van der Waals surface area contributed by atoms with E-state index in [1.165, 1.54) is 6.07 Å². The number of rotatable bonds is 3. The minimum atomic E-state index is -0.602. The Morgan fingerprint density at radius 1 is 1.60 bits per heavy atom. The molecule has 1 aromatic rings. The summed E-state index contributed by atoms with van der Waals surface area (Å²) in [6, 6.07) is 6.44. The van der Waals surface area contributed by atoms with Crippen molar-refractivity contribution < 1.29 is 13.9 Å². The van der Waals surface area contributed by atoms with Crippen molar-refractivity contribution in [3.05, 3.63) is 29.6 Å². The van der Waals surface area contributed by atoms with E-state index < -0.39 is 11.2 Å². The van der Waals surface area contributed by atoms with Crippen molar-refractivity contribution in [3.8, 4) is 6.07 Å². The topological polar surface area (TPSA) is 53.3 Å². The van der Waals surface area contributed by atoms with Gasteiger partial charge in [0.1, 0.15) is 17.4 Å². The molecule has 1 aromatic carbocycles. The van der Waals surface area contributed by atoms with Crippen molar-refractivity contribution in [2.75, 3.05) is 24.6 Å². The Bertz CT molecular complexity index is 567. The van der Waals surface area contributed by atoms with Crippen LogP contribution >= 0.6 is 0 Å². The summed E-state index contributed by atoms with van der Waals surface area (Å²) in [5.41, 5.74) is -0.0316. The Morgan fingerprint density at radius 3 is 3.00 bits per heavy atom. The first-order valence-electron chi connectivity index (χ1n) is 6.62. The zero-order valence-corrected chi connectivity index (χ0v) is 11.6. The third kappa shape index (κ3) is 2.46. The number of ether oxygens (including phenoxy) is 1. The number of benzene rings is 1. The van der Waals surface area contributed by atoms with Gasteiger partial charge in [0.25, 0.3) is 0 Å². The predicted molar refractivity (Wildman–Crippen MR) is 72.7 cm³/mol. The van der Waals surface area contributed by atoms with Crippen LogP contribution in [-0.4, -0.2) is 25.7 Å². The third-order valence-electron chi connectivity index (χ3n) is 3.69. The molecule has 1 unspecified atom stereocenters. The van der Waals surface area contributed by atoms with Crippen molar-refractivity contribution in [2.45, 2.75) is 20.3 Å². The second-order valence-corrected chi connectivity index (χ2v) is 5.20. The summed E-state index contributed by atoms with van der Waals surface area (Å²) in [5, 5.41) is 9.07. The van der Waals surface area contributed by atoms with Gasteiger partial charge < -0.3 is 9.64 Å². The van der Waals surface area contributed by atoms with Crippen molar-refractivity contribution in [1.82, 2.24) is 0 Å². The quantitative estimate of drug-likeness (QED) is 0.796. The molecule has 1 saturated heterocycles. The zero-order chi connectivity index (χ0) is 14.8. The predicted octanol–water partition coefficient (Wildman–Crippen LogP) is 2.48. The van der Waals surface area contributed by atoms with Crippen molar-refractivity contribution in [2.24, 2.45) is 5.41 Å². The largest absolute Gasteiger partial charge is 0.466 e. The number of hydrogen-bond donors (Lipinski definition) is 0. The van der Waals surface area contributed by atoms with Crippen LogP contribution in [0.3, 0.4) is 0 Å². The summed E-state index contributed by atoms with van der Waals surface area (Å²) >= 11 is 0. The molecule has 1 aliphatic heterocycles. The van der Waals surface area contributed by atoms with Crippen LogP contribution in [0.1, 0.15) is 25.8 Å². The molecule has 4 nitrogen and oxygen atoms in total. The van der Waals surface area contributed by atoms with Gasteiger partial charge in [-0.25, -0.2) is 4.39 Å². The van der Waals surface area contributed by atoms with Gasteiger partial charge in [0, 0.05) is 13.1 Å². The summed E-state index contributed by atoms with van der Waals surface area (Å²) in [6.45, 7) is 5.00. The van der Waals surface area contributed by atoms with E-state index in [2.05, 4.69) is 0 Å². The lowest BCUT2D eigenvalue weighted by atomic mass is 9.90. The fourth-order valence-corrected chi connectivity index (χ4v) is 2.53. The van der Waals surface area contributed by atoms with Gasteiger partial charge in [0.2, 0.25) is 0 Å². The molecule has 0 aliphatic carbocycles. The van der Waals surface area contributed by atoms with E-state index in [4.69, 9.17) is 10.00 Å². The lowest BCUT2D eigenvalue weighted by Gasteiger charge is -2.24. The first-order valence-corrected chi connectivity index (χ1v) is 6.62. The van der Waals surface area contributed by atoms with E-state index in [1.807, 2.05) is 17.9 Å². The van der Waals surface area contributed by atoms with Crippen LogP contribution in [0, 0.1) is 22.6 Å². The molecule has 1 atom stereocenters. The van der Waals surface area contributed by atoms with Crippen LogP contribution in [0.25, 0.3) is 0 Å². The van der Waals surface area contributed by atoms with Crippen molar-refractivity contribution in [3.63, 3.8) is 0 Å². The molecule has 0 spiro atoms. The highest BCUT2D eigenvalue weighted by atomic mass is 19.1. The number of halogens is 1. The van der Waals surface area contributed by atoms with Gasteiger partial charge in [-0.15, -0.1) is 0 Å². The average molecular weight is 276 g/mol. The lowest BCUT2D eigenvalue weighted by molar-refractivity contribution is -0.153. The number of carbonyl (C=O) groups excluding carboxylic acids is 1. The van der Waals surface area contributed by atoms with Crippen LogP contribution < -0.4 is 4.90 Å². The van der Waals surface area contributed by atoms with Crippen LogP contribution in [0.2, 0.25) is 0 Å². The zero-order valence-electron chi connectivity index (χ0n) is 11.6. The van der Waals surface area contributed by atoms with Gasteiger partial charge in [-0.3, -0.25) is 4.79 Å². The molecule has 0 aromatic heterocycles. The highest BCUT2D eigenvalue weighted by Gasteiger charge is 2.42. The number of esters is 1. The Morgan fingerprint density at radius 2 is 2.35 bits per heavy atom. The van der Waals surface area contributed by atoms with Gasteiger partial charge >= 0.3 is 5.97 Å². The Kier molecular flexibility index (Phi) is 3.93. The fourth-order valence-electron chi connectivity index (χ4n) is 2.53.